The van der Waals surface area contributed by atoms with E-state index in [2.05, 4.69) is 15.3 Å². The molecule has 1 atom stereocenters. The van der Waals surface area contributed by atoms with Gasteiger partial charge in [0.1, 0.15) is 6.33 Å². The average Bonchev–Trinajstić information content (AvgIpc) is 2.54. The van der Waals surface area contributed by atoms with Crippen molar-refractivity contribution in [3.05, 3.63) is 23.8 Å². The maximum atomic E-state index is 12.2. The summed E-state index contributed by atoms with van der Waals surface area (Å²) in [5.74, 6) is 0.966. The van der Waals surface area contributed by atoms with Gasteiger partial charge < -0.3 is 5.32 Å². The number of aromatic nitrogens is 2. The van der Waals surface area contributed by atoms with Crippen molar-refractivity contribution in [1.82, 2.24) is 15.3 Å². The summed E-state index contributed by atoms with van der Waals surface area (Å²) in [5, 5.41) is 3.20. The van der Waals surface area contributed by atoms with Gasteiger partial charge in [-0.2, -0.15) is 0 Å². The molecule has 1 N–H and O–H groups in total. The van der Waals surface area contributed by atoms with E-state index in [1.54, 1.807) is 6.33 Å². The van der Waals surface area contributed by atoms with Gasteiger partial charge in [0.25, 0.3) is 0 Å². The topological polar surface area (TPSA) is 54.9 Å². The standard InChI is InChI=1S/C17H25N3O/c21-17(10-9-13-5-2-1-3-6-13)20-16-8-4-7-15-14(16)11-18-12-19-15/h11-13,16H,1-10H2,(H,20,21)/t16-/m1/s1. The van der Waals surface area contributed by atoms with Crippen molar-refractivity contribution in [1.29, 1.82) is 0 Å². The van der Waals surface area contributed by atoms with Gasteiger partial charge in [0, 0.05) is 23.9 Å². The number of rotatable bonds is 4. The minimum atomic E-state index is 0.119. The smallest absolute Gasteiger partial charge is 0.220 e. The van der Waals surface area contributed by atoms with Crippen LogP contribution in [-0.4, -0.2) is 15.9 Å². The third kappa shape index (κ3) is 3.80. The lowest BCUT2D eigenvalue weighted by Crippen LogP contribution is -2.31. The van der Waals surface area contributed by atoms with E-state index < -0.39 is 0 Å². The van der Waals surface area contributed by atoms with Crippen LogP contribution in [0.5, 0.6) is 0 Å². The molecule has 21 heavy (non-hydrogen) atoms. The molecule has 4 nitrogen and oxygen atoms in total. The second kappa shape index (κ2) is 7.01. The van der Waals surface area contributed by atoms with Gasteiger partial charge in [-0.1, -0.05) is 32.1 Å². The number of fused-ring (bicyclic) bond motifs is 1. The number of carbonyl (C=O) groups excluding carboxylic acids is 1. The summed E-state index contributed by atoms with van der Waals surface area (Å²) >= 11 is 0. The van der Waals surface area contributed by atoms with Gasteiger partial charge in [0.2, 0.25) is 5.91 Å². The molecule has 1 amide bonds. The lowest BCUT2D eigenvalue weighted by Gasteiger charge is -2.26. The van der Waals surface area contributed by atoms with Gasteiger partial charge in [-0.15, -0.1) is 0 Å². The number of nitrogens with zero attached hydrogens (tertiary/aromatic N) is 2. The van der Waals surface area contributed by atoms with E-state index in [1.165, 1.54) is 32.1 Å². The first-order valence-corrected chi connectivity index (χ1v) is 8.41. The fourth-order valence-corrected chi connectivity index (χ4v) is 3.72. The number of carbonyl (C=O) groups is 1. The van der Waals surface area contributed by atoms with Gasteiger partial charge >= 0.3 is 0 Å². The second-order valence-corrected chi connectivity index (χ2v) is 6.48. The number of hydrogen-bond donors (Lipinski definition) is 1. The fourth-order valence-electron chi connectivity index (χ4n) is 3.72. The molecule has 1 aromatic heterocycles. The molecule has 0 saturated heterocycles. The summed E-state index contributed by atoms with van der Waals surface area (Å²) in [6, 6.07) is 0.119. The lowest BCUT2D eigenvalue weighted by atomic mass is 9.86. The zero-order valence-electron chi connectivity index (χ0n) is 12.7. The second-order valence-electron chi connectivity index (χ2n) is 6.48. The van der Waals surface area contributed by atoms with Gasteiger partial charge in [-0.25, -0.2) is 9.97 Å². The molecular weight excluding hydrogens is 262 g/mol. The molecule has 2 aliphatic carbocycles. The van der Waals surface area contributed by atoms with E-state index in [4.69, 9.17) is 0 Å². The molecular formula is C17H25N3O. The maximum Gasteiger partial charge on any atom is 0.220 e. The number of nitrogens with one attached hydrogen (secondary N) is 1. The molecule has 0 aromatic carbocycles. The van der Waals surface area contributed by atoms with Gasteiger partial charge in [0.05, 0.1) is 6.04 Å². The summed E-state index contributed by atoms with van der Waals surface area (Å²) in [4.78, 5) is 20.7. The monoisotopic (exact) mass is 287 g/mol. The molecule has 1 aromatic rings. The van der Waals surface area contributed by atoms with Crippen LogP contribution in [0.1, 0.15) is 75.1 Å². The highest BCUT2D eigenvalue weighted by molar-refractivity contribution is 5.76. The van der Waals surface area contributed by atoms with Crippen molar-refractivity contribution >= 4 is 5.91 Å². The van der Waals surface area contributed by atoms with Crippen molar-refractivity contribution in [2.45, 2.75) is 70.3 Å². The molecule has 0 aliphatic heterocycles. The van der Waals surface area contributed by atoms with E-state index in [1.807, 2.05) is 6.20 Å². The van der Waals surface area contributed by atoms with Crippen LogP contribution >= 0.6 is 0 Å². The Morgan fingerprint density at radius 1 is 1.19 bits per heavy atom. The third-order valence-corrected chi connectivity index (χ3v) is 4.95. The molecule has 0 unspecified atom stereocenters. The highest BCUT2D eigenvalue weighted by atomic mass is 16.1. The molecule has 1 heterocycles. The average molecular weight is 287 g/mol. The van der Waals surface area contributed by atoms with E-state index in [-0.39, 0.29) is 11.9 Å². The summed E-state index contributed by atoms with van der Waals surface area (Å²) in [7, 11) is 0. The number of amides is 1. The highest BCUT2D eigenvalue weighted by Crippen LogP contribution is 2.29. The van der Waals surface area contributed by atoms with Crippen LogP contribution < -0.4 is 5.32 Å². The van der Waals surface area contributed by atoms with Crippen LogP contribution in [0.25, 0.3) is 0 Å². The highest BCUT2D eigenvalue weighted by Gasteiger charge is 2.23. The number of hydrogen-bond acceptors (Lipinski definition) is 3. The molecule has 2 aliphatic rings. The summed E-state index contributed by atoms with van der Waals surface area (Å²) < 4.78 is 0. The Morgan fingerprint density at radius 3 is 2.90 bits per heavy atom. The fraction of sp³-hybridized carbons (Fsp3) is 0.706. The van der Waals surface area contributed by atoms with Gasteiger partial charge in [0.15, 0.2) is 0 Å². The van der Waals surface area contributed by atoms with E-state index in [0.29, 0.717) is 6.42 Å². The van der Waals surface area contributed by atoms with Gasteiger partial charge in [-0.3, -0.25) is 4.79 Å². The van der Waals surface area contributed by atoms with Crippen molar-refractivity contribution in [2.75, 3.05) is 0 Å². The summed E-state index contributed by atoms with van der Waals surface area (Å²) in [6.45, 7) is 0. The van der Waals surface area contributed by atoms with Crippen molar-refractivity contribution in [3.8, 4) is 0 Å². The first kappa shape index (κ1) is 14.5. The minimum Gasteiger partial charge on any atom is -0.349 e. The Hall–Kier alpha value is -1.45. The Labute approximate surface area is 126 Å². The Morgan fingerprint density at radius 2 is 2.05 bits per heavy atom. The van der Waals surface area contributed by atoms with E-state index in [0.717, 1.165) is 42.9 Å². The molecule has 0 spiro atoms. The predicted octanol–water partition coefficient (Wildman–Crippen LogP) is 3.33. The molecule has 3 rings (SSSR count). The first-order valence-electron chi connectivity index (χ1n) is 8.41. The molecule has 4 heteroatoms. The lowest BCUT2D eigenvalue weighted by molar-refractivity contribution is -0.122. The van der Waals surface area contributed by atoms with Crippen molar-refractivity contribution < 1.29 is 4.79 Å². The van der Waals surface area contributed by atoms with Crippen LogP contribution in [0.3, 0.4) is 0 Å². The summed E-state index contributed by atoms with van der Waals surface area (Å²) in [5.41, 5.74) is 2.23. The van der Waals surface area contributed by atoms with E-state index >= 15 is 0 Å². The third-order valence-electron chi connectivity index (χ3n) is 4.95. The molecule has 1 saturated carbocycles. The van der Waals surface area contributed by atoms with Crippen LogP contribution in [-0.2, 0) is 11.2 Å². The molecule has 114 valence electrons. The first-order chi connectivity index (χ1) is 10.3. The Kier molecular flexibility index (Phi) is 4.84. The zero-order valence-corrected chi connectivity index (χ0v) is 12.7. The molecule has 1 fully saturated rings. The maximum absolute atomic E-state index is 12.2. The van der Waals surface area contributed by atoms with Crippen LogP contribution in [0.15, 0.2) is 12.5 Å². The van der Waals surface area contributed by atoms with Crippen LogP contribution in [0, 0.1) is 5.92 Å². The van der Waals surface area contributed by atoms with Gasteiger partial charge in [-0.05, 0) is 31.6 Å². The largest absolute Gasteiger partial charge is 0.349 e. The Bertz CT molecular complexity index is 483. The van der Waals surface area contributed by atoms with Crippen LogP contribution in [0.2, 0.25) is 0 Å². The van der Waals surface area contributed by atoms with E-state index in [9.17, 15) is 4.79 Å². The Balaban J connectivity index is 1.51. The summed E-state index contributed by atoms with van der Waals surface area (Å²) in [6.07, 6.45) is 15.0. The van der Waals surface area contributed by atoms with Crippen molar-refractivity contribution in [3.63, 3.8) is 0 Å². The SMILES string of the molecule is O=C(CCC1CCCCC1)N[C@@H]1CCCc2ncncc21. The quantitative estimate of drug-likeness (QED) is 0.924. The molecule has 0 radical (unpaired) electrons. The van der Waals surface area contributed by atoms with Crippen LogP contribution in [0.4, 0.5) is 0 Å². The molecule has 0 bridgehead atoms. The normalized spacial score (nSPS) is 22.6. The van der Waals surface area contributed by atoms with Crippen molar-refractivity contribution in [2.24, 2.45) is 5.92 Å². The zero-order chi connectivity index (χ0) is 14.5. The number of aryl methyl sites for hydroxylation is 1. The minimum absolute atomic E-state index is 0.119. The predicted molar refractivity (Wildman–Crippen MR) is 81.7 cm³/mol.